The van der Waals surface area contributed by atoms with E-state index in [0.29, 0.717) is 28.1 Å². The van der Waals surface area contributed by atoms with Crippen molar-refractivity contribution >= 4 is 10.8 Å². The Morgan fingerprint density at radius 3 is 2.24 bits per heavy atom. The van der Waals surface area contributed by atoms with E-state index in [1.54, 1.807) is 24.3 Å². The fourth-order valence-corrected chi connectivity index (χ4v) is 3.21. The molecule has 1 N–H and O–H groups in total. The van der Waals surface area contributed by atoms with Crippen LogP contribution >= 0.6 is 0 Å². The number of benzene rings is 3. The van der Waals surface area contributed by atoms with Crippen molar-refractivity contribution in [3.63, 3.8) is 0 Å². The molecule has 3 aromatic carbocycles. The zero-order valence-electron chi connectivity index (χ0n) is 15.0. The molecule has 0 aliphatic rings. The molecular weight excluding hydrogens is 381 g/mol. The molecular formula is C22H15F3N2O2. The number of fused-ring (bicyclic) bond motifs is 1. The maximum atomic E-state index is 14.0. The Balaban J connectivity index is 1.83. The molecule has 0 aliphatic carbocycles. The third-order valence-corrected chi connectivity index (χ3v) is 4.65. The van der Waals surface area contributed by atoms with E-state index in [1.165, 1.54) is 24.3 Å². The zero-order chi connectivity index (χ0) is 20.5. The van der Waals surface area contributed by atoms with Crippen molar-refractivity contribution in [1.82, 2.24) is 9.78 Å². The second-order valence-corrected chi connectivity index (χ2v) is 6.57. The molecule has 4 rings (SSSR count). The number of aliphatic hydroxyl groups is 1. The summed E-state index contributed by atoms with van der Waals surface area (Å²) in [5, 5.41) is 15.7. The summed E-state index contributed by atoms with van der Waals surface area (Å²) in [5.74, 6) is -2.09. The van der Waals surface area contributed by atoms with Crippen LogP contribution in [0.5, 0.6) is 0 Å². The van der Waals surface area contributed by atoms with Gasteiger partial charge in [0, 0.05) is 22.6 Å². The van der Waals surface area contributed by atoms with Crippen LogP contribution in [0.4, 0.5) is 13.2 Å². The summed E-state index contributed by atoms with van der Waals surface area (Å²) in [6.07, 6.45) is -1.41. The molecule has 0 radical (unpaired) electrons. The van der Waals surface area contributed by atoms with Crippen LogP contribution in [0.3, 0.4) is 0 Å². The molecule has 0 bridgehead atoms. The van der Waals surface area contributed by atoms with E-state index in [-0.39, 0.29) is 12.1 Å². The van der Waals surface area contributed by atoms with Crippen molar-refractivity contribution in [2.45, 2.75) is 12.6 Å². The molecule has 7 heteroatoms. The number of hydrogen-bond acceptors (Lipinski definition) is 3. The van der Waals surface area contributed by atoms with E-state index in [1.807, 2.05) is 0 Å². The summed E-state index contributed by atoms with van der Waals surface area (Å²) in [5.41, 5.74) is 0.399. The van der Waals surface area contributed by atoms with Crippen LogP contribution in [0.1, 0.15) is 11.7 Å². The van der Waals surface area contributed by atoms with Crippen molar-refractivity contribution < 1.29 is 18.3 Å². The van der Waals surface area contributed by atoms with E-state index < -0.39 is 29.1 Å². The third kappa shape index (κ3) is 3.64. The molecule has 0 saturated carbocycles. The van der Waals surface area contributed by atoms with Crippen molar-refractivity contribution in [1.29, 1.82) is 0 Å². The normalized spacial score (nSPS) is 12.3. The van der Waals surface area contributed by atoms with Gasteiger partial charge >= 0.3 is 0 Å². The maximum absolute atomic E-state index is 14.0. The van der Waals surface area contributed by atoms with E-state index in [9.17, 15) is 23.1 Å². The maximum Gasteiger partial charge on any atom is 0.274 e. The first-order valence-corrected chi connectivity index (χ1v) is 8.83. The Kier molecular flexibility index (Phi) is 4.90. The Morgan fingerprint density at radius 1 is 0.897 bits per heavy atom. The SMILES string of the molecule is O=c1c2ccccc2c(-c2ccc(F)cc2)nn1CC(O)c1ccc(F)cc1F. The van der Waals surface area contributed by atoms with E-state index in [0.717, 1.165) is 16.8 Å². The minimum absolute atomic E-state index is 0.142. The van der Waals surface area contributed by atoms with Crippen LogP contribution in [-0.4, -0.2) is 14.9 Å². The van der Waals surface area contributed by atoms with Crippen LogP contribution in [-0.2, 0) is 6.54 Å². The Hall–Kier alpha value is -3.45. The molecule has 0 amide bonds. The van der Waals surface area contributed by atoms with Gasteiger partial charge in [-0.2, -0.15) is 5.10 Å². The quantitative estimate of drug-likeness (QED) is 0.562. The van der Waals surface area contributed by atoms with Crippen molar-refractivity contribution in [2.75, 3.05) is 0 Å². The molecule has 1 atom stereocenters. The van der Waals surface area contributed by atoms with Gasteiger partial charge in [-0.15, -0.1) is 0 Å². The first-order chi connectivity index (χ1) is 13.9. The number of hydrogen-bond donors (Lipinski definition) is 1. The zero-order valence-corrected chi connectivity index (χ0v) is 15.0. The first-order valence-electron chi connectivity index (χ1n) is 8.83. The van der Waals surface area contributed by atoms with E-state index in [2.05, 4.69) is 5.10 Å². The summed E-state index contributed by atoms with van der Waals surface area (Å²) in [6.45, 7) is -0.333. The number of nitrogens with zero attached hydrogens (tertiary/aromatic N) is 2. The van der Waals surface area contributed by atoms with Gasteiger partial charge in [-0.3, -0.25) is 4.79 Å². The highest BCUT2D eigenvalue weighted by atomic mass is 19.1. The highest BCUT2D eigenvalue weighted by molar-refractivity contribution is 5.93. The summed E-state index contributed by atoms with van der Waals surface area (Å²) < 4.78 is 41.5. The molecule has 0 spiro atoms. The lowest BCUT2D eigenvalue weighted by Gasteiger charge is -2.15. The Labute approximate surface area is 163 Å². The molecule has 4 nitrogen and oxygen atoms in total. The standard InChI is InChI=1S/C22H15F3N2O2/c23-14-7-5-13(6-8-14)21-16-3-1-2-4-17(16)22(29)27(26-21)12-20(28)18-10-9-15(24)11-19(18)25/h1-11,20,28H,12H2. The number of aromatic nitrogens is 2. The second-order valence-electron chi connectivity index (χ2n) is 6.57. The van der Waals surface area contributed by atoms with Gasteiger partial charge in [-0.05, 0) is 36.4 Å². The molecule has 4 aromatic rings. The lowest BCUT2D eigenvalue weighted by molar-refractivity contribution is 0.145. The minimum Gasteiger partial charge on any atom is -0.386 e. The second kappa shape index (κ2) is 7.52. The lowest BCUT2D eigenvalue weighted by Crippen LogP contribution is -2.27. The Morgan fingerprint density at radius 2 is 1.55 bits per heavy atom. The van der Waals surface area contributed by atoms with E-state index >= 15 is 0 Å². The molecule has 1 aromatic heterocycles. The average molecular weight is 396 g/mol. The highest BCUT2D eigenvalue weighted by Crippen LogP contribution is 2.26. The summed E-state index contributed by atoms with van der Waals surface area (Å²) in [6, 6.07) is 15.3. The van der Waals surface area contributed by atoms with Gasteiger partial charge < -0.3 is 5.11 Å². The number of rotatable bonds is 4. The summed E-state index contributed by atoms with van der Waals surface area (Å²) >= 11 is 0. The van der Waals surface area contributed by atoms with Gasteiger partial charge in [-0.25, -0.2) is 17.9 Å². The van der Waals surface area contributed by atoms with Gasteiger partial charge in [0.1, 0.15) is 23.6 Å². The minimum atomic E-state index is -1.41. The predicted molar refractivity (Wildman–Crippen MR) is 103 cm³/mol. The fourth-order valence-electron chi connectivity index (χ4n) is 3.21. The van der Waals surface area contributed by atoms with Gasteiger partial charge in [0.25, 0.3) is 5.56 Å². The van der Waals surface area contributed by atoms with Gasteiger partial charge in [0.15, 0.2) is 0 Å². The van der Waals surface area contributed by atoms with Crippen molar-refractivity contribution in [3.8, 4) is 11.3 Å². The van der Waals surface area contributed by atoms with Crippen molar-refractivity contribution in [2.24, 2.45) is 0 Å². The van der Waals surface area contributed by atoms with Gasteiger partial charge in [0.2, 0.25) is 0 Å². The van der Waals surface area contributed by atoms with E-state index in [4.69, 9.17) is 0 Å². The molecule has 1 unspecified atom stereocenters. The lowest BCUT2D eigenvalue weighted by atomic mass is 10.0. The van der Waals surface area contributed by atoms with Crippen LogP contribution in [0.25, 0.3) is 22.0 Å². The summed E-state index contributed by atoms with van der Waals surface area (Å²) in [7, 11) is 0. The van der Waals surface area contributed by atoms with Crippen LogP contribution < -0.4 is 5.56 Å². The third-order valence-electron chi connectivity index (χ3n) is 4.65. The first kappa shape index (κ1) is 18.9. The molecule has 1 heterocycles. The molecule has 0 aliphatic heterocycles. The number of halogens is 3. The Bertz CT molecular complexity index is 1250. The van der Waals surface area contributed by atoms with Gasteiger partial charge in [0.05, 0.1) is 17.6 Å². The number of aliphatic hydroxyl groups excluding tert-OH is 1. The largest absolute Gasteiger partial charge is 0.386 e. The molecule has 146 valence electrons. The molecule has 0 saturated heterocycles. The highest BCUT2D eigenvalue weighted by Gasteiger charge is 2.18. The van der Waals surface area contributed by atoms with Crippen LogP contribution in [0.15, 0.2) is 71.5 Å². The van der Waals surface area contributed by atoms with Crippen molar-refractivity contribution in [3.05, 3.63) is 100 Å². The average Bonchev–Trinajstić information content (AvgIpc) is 2.71. The van der Waals surface area contributed by atoms with Gasteiger partial charge in [-0.1, -0.05) is 24.3 Å². The molecule has 29 heavy (non-hydrogen) atoms. The van der Waals surface area contributed by atoms with Crippen LogP contribution in [0.2, 0.25) is 0 Å². The predicted octanol–water partition coefficient (Wildman–Crippen LogP) is 4.21. The van der Waals surface area contributed by atoms with Crippen LogP contribution in [0, 0.1) is 17.5 Å². The smallest absolute Gasteiger partial charge is 0.274 e. The topological polar surface area (TPSA) is 55.1 Å². The monoisotopic (exact) mass is 396 g/mol. The summed E-state index contributed by atoms with van der Waals surface area (Å²) in [4.78, 5) is 12.8. The fraction of sp³-hybridized carbons (Fsp3) is 0.0909. The molecule has 0 fully saturated rings.